The molecule has 2 heterocycles. The lowest BCUT2D eigenvalue weighted by atomic mass is 10.3. The van der Waals surface area contributed by atoms with E-state index < -0.39 is 5.97 Å². The van der Waals surface area contributed by atoms with E-state index in [1.165, 1.54) is 28.0 Å². The zero-order chi connectivity index (χ0) is 16.4. The molecular weight excluding hydrogens is 352 g/mol. The number of carboxylic acids is 1. The van der Waals surface area contributed by atoms with Gasteiger partial charge < -0.3 is 5.11 Å². The average Bonchev–Trinajstić information content (AvgIpc) is 3.02. The smallest absolute Gasteiger partial charge is 0.303 e. The van der Waals surface area contributed by atoms with Crippen molar-refractivity contribution < 1.29 is 14.7 Å². The Labute approximate surface area is 146 Å². The minimum atomic E-state index is -0.875. The lowest BCUT2D eigenvalue weighted by Gasteiger charge is -2.12. The van der Waals surface area contributed by atoms with E-state index in [1.807, 2.05) is 24.3 Å². The first-order valence-corrected chi connectivity index (χ1v) is 8.91. The van der Waals surface area contributed by atoms with Crippen molar-refractivity contribution in [2.45, 2.75) is 12.8 Å². The number of carbonyl (C=O) groups is 2. The highest BCUT2D eigenvalue weighted by Gasteiger charge is 2.31. The first-order chi connectivity index (χ1) is 11.0. The Kier molecular flexibility index (Phi) is 4.74. The van der Waals surface area contributed by atoms with Crippen LogP contribution in [0.4, 0.5) is 0 Å². The second-order valence-corrected chi connectivity index (χ2v) is 7.59. The van der Waals surface area contributed by atoms with Crippen molar-refractivity contribution in [3.63, 3.8) is 0 Å². The predicted octanol–water partition coefficient (Wildman–Crippen LogP) is 3.36. The Bertz CT molecular complexity index is 795. The number of carboxylic acid groups (broad SMARTS) is 1. The monoisotopic (exact) mass is 364 g/mol. The molecule has 1 aliphatic rings. The number of aromatic nitrogens is 1. The lowest BCUT2D eigenvalue weighted by Crippen LogP contribution is -2.29. The number of aliphatic carboxylic acids is 1. The number of carbonyl (C=O) groups excluding carboxylic acids is 1. The second-order valence-electron chi connectivity index (χ2n) is 4.85. The van der Waals surface area contributed by atoms with E-state index in [1.54, 1.807) is 6.08 Å². The van der Waals surface area contributed by atoms with E-state index in [0.29, 0.717) is 22.2 Å². The van der Waals surface area contributed by atoms with Crippen LogP contribution in [0.5, 0.6) is 0 Å². The minimum Gasteiger partial charge on any atom is -0.481 e. The summed E-state index contributed by atoms with van der Waals surface area (Å²) < 4.78 is 1.53. The molecule has 2 aromatic rings. The number of thiazole rings is 1. The minimum absolute atomic E-state index is 0.0218. The van der Waals surface area contributed by atoms with Crippen molar-refractivity contribution in [1.29, 1.82) is 0 Å². The Balaban J connectivity index is 1.76. The van der Waals surface area contributed by atoms with E-state index in [9.17, 15) is 9.59 Å². The molecule has 0 aliphatic carbocycles. The van der Waals surface area contributed by atoms with Crippen LogP contribution in [0, 0.1) is 0 Å². The van der Waals surface area contributed by atoms with E-state index >= 15 is 0 Å². The highest BCUT2D eigenvalue weighted by Crippen LogP contribution is 2.34. The fourth-order valence-corrected chi connectivity index (χ4v) is 4.41. The predicted molar refractivity (Wildman–Crippen MR) is 96.4 cm³/mol. The molecule has 1 saturated heterocycles. The van der Waals surface area contributed by atoms with Crippen molar-refractivity contribution in [2.24, 2.45) is 0 Å². The van der Waals surface area contributed by atoms with E-state index in [2.05, 4.69) is 4.98 Å². The van der Waals surface area contributed by atoms with Gasteiger partial charge in [0.1, 0.15) is 9.33 Å². The molecule has 3 rings (SSSR count). The Hall–Kier alpha value is -1.77. The van der Waals surface area contributed by atoms with Crippen molar-refractivity contribution >= 4 is 67.8 Å². The van der Waals surface area contributed by atoms with Crippen molar-refractivity contribution in [2.75, 3.05) is 6.54 Å². The number of thiocarbonyl (C=S) groups is 1. The first kappa shape index (κ1) is 16.1. The van der Waals surface area contributed by atoms with Gasteiger partial charge >= 0.3 is 5.97 Å². The fraction of sp³-hybridized carbons (Fsp3) is 0.200. The summed E-state index contributed by atoms with van der Waals surface area (Å²) in [6, 6.07) is 7.79. The van der Waals surface area contributed by atoms with Crippen molar-refractivity contribution in [1.82, 2.24) is 9.88 Å². The average molecular weight is 364 g/mol. The molecule has 0 bridgehead atoms. The number of fused-ring (bicyclic) bond motifs is 1. The van der Waals surface area contributed by atoms with Gasteiger partial charge in [0.05, 0.1) is 15.1 Å². The van der Waals surface area contributed by atoms with Gasteiger partial charge in [0.15, 0.2) is 0 Å². The van der Waals surface area contributed by atoms with Crippen LogP contribution in [0.3, 0.4) is 0 Å². The van der Waals surface area contributed by atoms with Gasteiger partial charge in [-0.2, -0.15) is 0 Å². The van der Waals surface area contributed by atoms with Crippen LogP contribution in [0.2, 0.25) is 0 Å². The van der Waals surface area contributed by atoms with Gasteiger partial charge in [0.2, 0.25) is 0 Å². The van der Waals surface area contributed by atoms with Crippen LogP contribution in [-0.4, -0.2) is 37.7 Å². The summed E-state index contributed by atoms with van der Waals surface area (Å²) in [6.07, 6.45) is 2.16. The SMILES string of the molecule is O=C(O)CCCN1C(=O)C(=Cc2nc3ccccc3s2)SC1=S. The Morgan fingerprint density at radius 2 is 2.17 bits per heavy atom. The van der Waals surface area contributed by atoms with Crippen LogP contribution in [-0.2, 0) is 9.59 Å². The summed E-state index contributed by atoms with van der Waals surface area (Å²) in [7, 11) is 0. The third kappa shape index (κ3) is 3.60. The van der Waals surface area contributed by atoms with E-state index in [4.69, 9.17) is 17.3 Å². The third-order valence-electron chi connectivity index (χ3n) is 3.21. The van der Waals surface area contributed by atoms with Crippen LogP contribution >= 0.6 is 35.3 Å². The molecule has 0 radical (unpaired) electrons. The first-order valence-electron chi connectivity index (χ1n) is 6.87. The molecule has 1 aromatic carbocycles. The quantitative estimate of drug-likeness (QED) is 0.648. The molecule has 1 aromatic heterocycles. The topological polar surface area (TPSA) is 70.5 Å². The molecule has 23 heavy (non-hydrogen) atoms. The van der Waals surface area contributed by atoms with Gasteiger partial charge in [-0.3, -0.25) is 14.5 Å². The van der Waals surface area contributed by atoms with Crippen LogP contribution < -0.4 is 0 Å². The molecule has 8 heteroatoms. The maximum Gasteiger partial charge on any atom is 0.303 e. The maximum absolute atomic E-state index is 12.4. The molecule has 0 atom stereocenters. The summed E-state index contributed by atoms with van der Waals surface area (Å²) in [5.41, 5.74) is 0.903. The standard InChI is InChI=1S/C15H12N2O3S3/c18-13(19)6-3-7-17-14(20)11(23-15(17)21)8-12-16-9-4-1-2-5-10(9)22-12/h1-2,4-5,8H,3,6-7H2,(H,18,19). The molecule has 1 amide bonds. The molecule has 0 saturated carbocycles. The normalized spacial score (nSPS) is 16.7. The van der Waals surface area contributed by atoms with Crippen LogP contribution in [0.1, 0.15) is 17.8 Å². The molecule has 0 spiro atoms. The highest BCUT2D eigenvalue weighted by molar-refractivity contribution is 8.26. The second kappa shape index (κ2) is 6.77. The number of hydrogen-bond donors (Lipinski definition) is 1. The number of hydrogen-bond acceptors (Lipinski definition) is 6. The molecule has 1 fully saturated rings. The number of para-hydroxylation sites is 1. The van der Waals surface area contributed by atoms with E-state index in [-0.39, 0.29) is 12.3 Å². The van der Waals surface area contributed by atoms with Crippen molar-refractivity contribution in [3.05, 3.63) is 34.2 Å². The molecule has 1 aliphatic heterocycles. The number of thioether (sulfide) groups is 1. The fourth-order valence-electron chi connectivity index (χ4n) is 2.15. The largest absolute Gasteiger partial charge is 0.481 e. The molecule has 5 nitrogen and oxygen atoms in total. The highest BCUT2D eigenvalue weighted by atomic mass is 32.2. The number of benzene rings is 1. The molecule has 1 N–H and O–H groups in total. The van der Waals surface area contributed by atoms with Gasteiger partial charge in [-0.1, -0.05) is 36.1 Å². The summed E-state index contributed by atoms with van der Waals surface area (Å²) in [6.45, 7) is 0.328. The summed E-state index contributed by atoms with van der Waals surface area (Å²) in [5, 5.41) is 9.44. The summed E-state index contributed by atoms with van der Waals surface area (Å²) in [4.78, 5) is 29.4. The Morgan fingerprint density at radius 1 is 1.39 bits per heavy atom. The summed E-state index contributed by atoms with van der Waals surface area (Å²) >= 11 is 7.97. The van der Waals surface area contributed by atoms with Gasteiger partial charge in [-0.15, -0.1) is 11.3 Å². The zero-order valence-electron chi connectivity index (χ0n) is 11.9. The molecule has 0 unspecified atom stereocenters. The van der Waals surface area contributed by atoms with Gasteiger partial charge in [-0.25, -0.2) is 4.98 Å². The van der Waals surface area contributed by atoms with Crippen LogP contribution in [0.15, 0.2) is 29.2 Å². The molecule has 118 valence electrons. The number of nitrogens with zero attached hydrogens (tertiary/aromatic N) is 2. The maximum atomic E-state index is 12.4. The molecular formula is C15H12N2O3S3. The van der Waals surface area contributed by atoms with Crippen LogP contribution in [0.25, 0.3) is 16.3 Å². The van der Waals surface area contributed by atoms with Gasteiger partial charge in [0.25, 0.3) is 5.91 Å². The van der Waals surface area contributed by atoms with E-state index in [0.717, 1.165) is 15.2 Å². The van der Waals surface area contributed by atoms with Gasteiger partial charge in [-0.05, 0) is 24.6 Å². The number of rotatable bonds is 5. The van der Waals surface area contributed by atoms with Gasteiger partial charge in [0, 0.05) is 13.0 Å². The van der Waals surface area contributed by atoms with Crippen molar-refractivity contribution in [3.8, 4) is 0 Å². The summed E-state index contributed by atoms with van der Waals surface area (Å²) in [5.74, 6) is -1.05. The Morgan fingerprint density at radius 3 is 2.91 bits per heavy atom. The lowest BCUT2D eigenvalue weighted by molar-refractivity contribution is -0.137. The number of amides is 1. The third-order valence-corrected chi connectivity index (χ3v) is 5.57. The zero-order valence-corrected chi connectivity index (χ0v) is 14.3.